The summed E-state index contributed by atoms with van der Waals surface area (Å²) in [7, 11) is 4.20. The van der Waals surface area contributed by atoms with Crippen LogP contribution in [0.1, 0.15) is 26.2 Å². The number of nitrogens with zero attached hydrogens (tertiary/aromatic N) is 3. The molecule has 1 fully saturated rings. The topological polar surface area (TPSA) is 65.1 Å². The van der Waals surface area contributed by atoms with Crippen LogP contribution in [0, 0.1) is 0 Å². The molecule has 0 bridgehead atoms. The highest BCUT2D eigenvalue weighted by Gasteiger charge is 2.25. The maximum absolute atomic E-state index is 8.72. The molecule has 16 heavy (non-hydrogen) atoms. The van der Waals surface area contributed by atoms with Gasteiger partial charge in [0, 0.05) is 12.6 Å². The second kappa shape index (κ2) is 6.06. The predicted molar refractivity (Wildman–Crippen MR) is 65.8 cm³/mol. The molecule has 0 aromatic heterocycles. The van der Waals surface area contributed by atoms with Crippen molar-refractivity contribution in [3.63, 3.8) is 0 Å². The first-order chi connectivity index (χ1) is 7.60. The number of hydrogen-bond acceptors (Lipinski definition) is 4. The predicted octanol–water partition coefficient (Wildman–Crippen LogP) is 0.537. The van der Waals surface area contributed by atoms with Crippen LogP contribution in [-0.4, -0.2) is 60.1 Å². The molecule has 1 rings (SSSR count). The number of amidine groups is 1. The van der Waals surface area contributed by atoms with E-state index < -0.39 is 0 Å². The molecule has 0 saturated carbocycles. The lowest BCUT2D eigenvalue weighted by Crippen LogP contribution is -2.47. The molecule has 2 unspecified atom stereocenters. The van der Waals surface area contributed by atoms with Gasteiger partial charge in [-0.2, -0.15) is 0 Å². The molecule has 0 aliphatic carbocycles. The van der Waals surface area contributed by atoms with E-state index in [-0.39, 0.29) is 6.04 Å². The number of nitrogens with two attached hydrogens (primary N) is 1. The van der Waals surface area contributed by atoms with Gasteiger partial charge in [0.2, 0.25) is 0 Å². The third-order valence-electron chi connectivity index (χ3n) is 3.55. The van der Waals surface area contributed by atoms with Gasteiger partial charge in [0.15, 0.2) is 5.84 Å². The largest absolute Gasteiger partial charge is 0.409 e. The summed E-state index contributed by atoms with van der Waals surface area (Å²) >= 11 is 0. The molecular weight excluding hydrogens is 204 g/mol. The summed E-state index contributed by atoms with van der Waals surface area (Å²) in [6.45, 7) is 4.21. The molecule has 0 aromatic carbocycles. The van der Waals surface area contributed by atoms with Crippen molar-refractivity contribution in [3.8, 4) is 0 Å². The van der Waals surface area contributed by atoms with Crippen LogP contribution in [0.15, 0.2) is 5.16 Å². The molecule has 1 saturated heterocycles. The highest BCUT2D eigenvalue weighted by atomic mass is 16.4. The van der Waals surface area contributed by atoms with Gasteiger partial charge in [0.05, 0.1) is 6.04 Å². The van der Waals surface area contributed by atoms with Crippen LogP contribution in [0.4, 0.5) is 0 Å². The molecular formula is C11H24N4O. The van der Waals surface area contributed by atoms with E-state index in [1.165, 1.54) is 19.4 Å². The molecule has 1 aliphatic heterocycles. The second-order valence-electron chi connectivity index (χ2n) is 4.67. The third-order valence-corrected chi connectivity index (χ3v) is 3.55. The van der Waals surface area contributed by atoms with Gasteiger partial charge in [-0.3, -0.25) is 4.90 Å². The minimum atomic E-state index is 0.0407. The average molecular weight is 228 g/mol. The Labute approximate surface area is 97.9 Å². The lowest BCUT2D eigenvalue weighted by atomic mass is 10.1. The molecule has 0 spiro atoms. The fourth-order valence-corrected chi connectivity index (χ4v) is 2.48. The van der Waals surface area contributed by atoms with Crippen LogP contribution in [0.25, 0.3) is 0 Å². The molecule has 94 valence electrons. The zero-order valence-corrected chi connectivity index (χ0v) is 10.6. The Morgan fingerprint density at radius 2 is 2.38 bits per heavy atom. The van der Waals surface area contributed by atoms with Gasteiger partial charge >= 0.3 is 0 Å². The van der Waals surface area contributed by atoms with Crippen LogP contribution in [0.3, 0.4) is 0 Å². The lowest BCUT2D eigenvalue weighted by Gasteiger charge is -2.30. The summed E-state index contributed by atoms with van der Waals surface area (Å²) in [6, 6.07) is 0.643. The molecule has 5 nitrogen and oxygen atoms in total. The Kier molecular flexibility index (Phi) is 5.02. The van der Waals surface area contributed by atoms with Crippen LogP contribution in [0.2, 0.25) is 0 Å². The van der Waals surface area contributed by atoms with Crippen molar-refractivity contribution in [1.29, 1.82) is 0 Å². The van der Waals surface area contributed by atoms with E-state index in [4.69, 9.17) is 10.9 Å². The highest BCUT2D eigenvalue weighted by Crippen LogP contribution is 2.16. The standard InChI is InChI=1S/C11H24N4O/c1-4-10(11(12)13-16)15(3)8-9-6-5-7-14(9)2/h9-10,16H,4-8H2,1-3H3,(H2,12,13). The fraction of sp³-hybridized carbons (Fsp3) is 0.909. The van der Waals surface area contributed by atoms with Crippen molar-refractivity contribution >= 4 is 5.84 Å². The monoisotopic (exact) mass is 228 g/mol. The van der Waals surface area contributed by atoms with E-state index in [9.17, 15) is 0 Å². The molecule has 1 aliphatic rings. The first kappa shape index (κ1) is 13.3. The Bertz CT molecular complexity index is 244. The normalized spacial score (nSPS) is 25.2. The van der Waals surface area contributed by atoms with Crippen molar-refractivity contribution in [2.75, 3.05) is 27.2 Å². The third kappa shape index (κ3) is 3.09. The van der Waals surface area contributed by atoms with Crippen molar-refractivity contribution in [2.24, 2.45) is 10.9 Å². The Hall–Kier alpha value is -0.810. The minimum absolute atomic E-state index is 0.0407. The fourth-order valence-electron chi connectivity index (χ4n) is 2.48. The van der Waals surface area contributed by atoms with Crippen LogP contribution < -0.4 is 5.73 Å². The van der Waals surface area contributed by atoms with Gasteiger partial charge in [0.25, 0.3) is 0 Å². The number of likely N-dealkylation sites (tertiary alicyclic amines) is 1. The summed E-state index contributed by atoms with van der Waals surface area (Å²) in [4.78, 5) is 4.57. The molecule has 0 amide bonds. The van der Waals surface area contributed by atoms with E-state index >= 15 is 0 Å². The first-order valence-electron chi connectivity index (χ1n) is 5.98. The number of rotatable bonds is 5. The molecule has 5 heteroatoms. The molecule has 0 radical (unpaired) electrons. The van der Waals surface area contributed by atoms with Gasteiger partial charge in [-0.25, -0.2) is 0 Å². The average Bonchev–Trinajstić information content (AvgIpc) is 2.65. The minimum Gasteiger partial charge on any atom is -0.409 e. The number of likely N-dealkylation sites (N-methyl/N-ethyl adjacent to an activating group) is 2. The molecule has 1 heterocycles. The zero-order valence-electron chi connectivity index (χ0n) is 10.6. The van der Waals surface area contributed by atoms with E-state index in [1.807, 2.05) is 7.05 Å². The van der Waals surface area contributed by atoms with Gasteiger partial charge in [-0.15, -0.1) is 0 Å². The molecule has 3 N–H and O–H groups in total. The smallest absolute Gasteiger partial charge is 0.156 e. The summed E-state index contributed by atoms with van der Waals surface area (Å²) < 4.78 is 0. The van der Waals surface area contributed by atoms with Crippen LogP contribution in [-0.2, 0) is 0 Å². The van der Waals surface area contributed by atoms with Crippen molar-refractivity contribution < 1.29 is 5.21 Å². The van der Waals surface area contributed by atoms with Crippen molar-refractivity contribution in [2.45, 2.75) is 38.3 Å². The van der Waals surface area contributed by atoms with Crippen molar-refractivity contribution in [1.82, 2.24) is 9.80 Å². The lowest BCUT2D eigenvalue weighted by molar-refractivity contribution is 0.197. The Morgan fingerprint density at radius 3 is 2.81 bits per heavy atom. The van der Waals surface area contributed by atoms with Crippen molar-refractivity contribution in [3.05, 3.63) is 0 Å². The maximum atomic E-state index is 8.72. The highest BCUT2D eigenvalue weighted by molar-refractivity contribution is 5.85. The number of oxime groups is 1. The van der Waals surface area contributed by atoms with Crippen LogP contribution >= 0.6 is 0 Å². The quantitative estimate of drug-likeness (QED) is 0.312. The van der Waals surface area contributed by atoms with Gasteiger partial charge in [-0.05, 0) is 39.9 Å². The summed E-state index contributed by atoms with van der Waals surface area (Å²) in [6.07, 6.45) is 3.38. The molecule has 2 atom stereocenters. The summed E-state index contributed by atoms with van der Waals surface area (Å²) in [5, 5.41) is 11.8. The maximum Gasteiger partial charge on any atom is 0.156 e. The van der Waals surface area contributed by atoms with Gasteiger partial charge in [0.1, 0.15) is 0 Å². The first-order valence-corrected chi connectivity index (χ1v) is 5.98. The molecule has 0 aromatic rings. The SMILES string of the molecule is CCC(C(N)=NO)N(C)CC1CCCN1C. The van der Waals surface area contributed by atoms with E-state index in [1.54, 1.807) is 0 Å². The Balaban J connectivity index is 2.52. The summed E-state index contributed by atoms with van der Waals surface area (Å²) in [5.74, 6) is 0.311. The van der Waals surface area contributed by atoms with E-state index in [0.29, 0.717) is 11.9 Å². The number of hydrogen-bond donors (Lipinski definition) is 2. The van der Waals surface area contributed by atoms with Gasteiger partial charge < -0.3 is 15.8 Å². The van der Waals surface area contributed by atoms with E-state index in [0.717, 1.165) is 13.0 Å². The second-order valence-corrected chi connectivity index (χ2v) is 4.67. The van der Waals surface area contributed by atoms with Crippen LogP contribution in [0.5, 0.6) is 0 Å². The van der Waals surface area contributed by atoms with Gasteiger partial charge in [-0.1, -0.05) is 12.1 Å². The Morgan fingerprint density at radius 1 is 1.69 bits per heavy atom. The van der Waals surface area contributed by atoms with E-state index in [2.05, 4.69) is 28.9 Å². The summed E-state index contributed by atoms with van der Waals surface area (Å²) in [5.41, 5.74) is 5.68. The zero-order chi connectivity index (χ0) is 12.1.